The van der Waals surface area contributed by atoms with E-state index in [0.29, 0.717) is 11.8 Å². The average molecular weight is 363 g/mol. The zero-order valence-corrected chi connectivity index (χ0v) is 18.0. The van der Waals surface area contributed by atoms with Crippen molar-refractivity contribution in [2.75, 3.05) is 13.4 Å². The van der Waals surface area contributed by atoms with Crippen LogP contribution in [0.5, 0.6) is 0 Å². The van der Waals surface area contributed by atoms with Crippen LogP contribution in [-0.4, -0.2) is 18.5 Å². The largest absolute Gasteiger partial charge is 0.371 e. The normalized spacial score (nSPS) is 20.4. The summed E-state index contributed by atoms with van der Waals surface area (Å²) in [4.78, 5) is 0. The lowest BCUT2D eigenvalue weighted by Crippen LogP contribution is -2.17. The molecule has 0 saturated heterocycles. The number of hydrogen-bond acceptors (Lipinski definition) is 2. The molecule has 0 spiro atoms. The third-order valence-electron chi connectivity index (χ3n) is 5.79. The molecule has 2 rings (SSSR count). The van der Waals surface area contributed by atoms with Crippen molar-refractivity contribution in [3.8, 4) is 0 Å². The molecule has 150 valence electrons. The van der Waals surface area contributed by atoms with Gasteiger partial charge in [0.2, 0.25) is 0 Å². The standard InChI is InChI=1S/C15H24.C9H18O2/c1-6-13-7-9-14(10-8-13)15(11(2)3)12(4)5;1-8-2-4-9(5-3-8)6-11-7-10/h7-12,15H,6H2,1-5H3;8-10H,2-7H2,1H3. The second-order valence-corrected chi connectivity index (χ2v) is 8.73. The van der Waals surface area contributed by atoms with Gasteiger partial charge >= 0.3 is 0 Å². The molecule has 0 unspecified atom stereocenters. The van der Waals surface area contributed by atoms with Gasteiger partial charge in [-0.05, 0) is 60.0 Å². The Morgan fingerprint density at radius 2 is 1.50 bits per heavy atom. The van der Waals surface area contributed by atoms with Crippen LogP contribution in [0.3, 0.4) is 0 Å². The summed E-state index contributed by atoms with van der Waals surface area (Å²) in [6, 6.07) is 9.16. The fourth-order valence-electron chi connectivity index (χ4n) is 4.23. The van der Waals surface area contributed by atoms with Gasteiger partial charge in [-0.15, -0.1) is 0 Å². The molecule has 2 heteroatoms. The summed E-state index contributed by atoms with van der Waals surface area (Å²) in [7, 11) is 0. The highest BCUT2D eigenvalue weighted by Crippen LogP contribution is 2.31. The number of ether oxygens (including phenoxy) is 1. The summed E-state index contributed by atoms with van der Waals surface area (Å²) in [5.74, 6) is 3.74. The third-order valence-corrected chi connectivity index (χ3v) is 5.79. The summed E-state index contributed by atoms with van der Waals surface area (Å²) in [6.07, 6.45) is 6.36. The molecule has 1 aromatic rings. The fraction of sp³-hybridized carbons (Fsp3) is 0.750. The third kappa shape index (κ3) is 8.22. The van der Waals surface area contributed by atoms with Crippen molar-refractivity contribution < 1.29 is 9.84 Å². The lowest BCUT2D eigenvalue weighted by Gasteiger charge is -2.25. The fourth-order valence-corrected chi connectivity index (χ4v) is 4.23. The van der Waals surface area contributed by atoms with E-state index in [4.69, 9.17) is 9.84 Å². The molecule has 1 fully saturated rings. The lowest BCUT2D eigenvalue weighted by atomic mass is 9.80. The van der Waals surface area contributed by atoms with Crippen molar-refractivity contribution in [2.45, 2.75) is 79.6 Å². The first-order chi connectivity index (χ1) is 12.4. The smallest absolute Gasteiger partial charge is 0.143 e. The van der Waals surface area contributed by atoms with E-state index in [0.717, 1.165) is 30.8 Å². The van der Waals surface area contributed by atoms with Crippen LogP contribution in [0.4, 0.5) is 0 Å². The second-order valence-electron chi connectivity index (χ2n) is 8.73. The summed E-state index contributed by atoms with van der Waals surface area (Å²) in [5, 5.41) is 8.43. The number of aliphatic hydroxyl groups is 1. The molecule has 0 atom stereocenters. The molecular formula is C24H42O2. The molecule has 0 aromatic heterocycles. The van der Waals surface area contributed by atoms with E-state index in [-0.39, 0.29) is 6.79 Å². The van der Waals surface area contributed by atoms with Gasteiger partial charge in [0.15, 0.2) is 0 Å². The molecular weight excluding hydrogens is 320 g/mol. The predicted molar refractivity (Wildman–Crippen MR) is 112 cm³/mol. The summed E-state index contributed by atoms with van der Waals surface area (Å²) >= 11 is 0. The Balaban J connectivity index is 0.000000273. The zero-order valence-electron chi connectivity index (χ0n) is 18.0. The van der Waals surface area contributed by atoms with Crippen LogP contribution in [0, 0.1) is 23.7 Å². The first-order valence-electron chi connectivity index (χ1n) is 10.7. The molecule has 1 aliphatic rings. The number of aliphatic hydroxyl groups excluding tert-OH is 1. The summed E-state index contributed by atoms with van der Waals surface area (Å²) < 4.78 is 4.96. The molecule has 1 saturated carbocycles. The Hall–Kier alpha value is -0.860. The molecule has 1 N–H and O–H groups in total. The van der Waals surface area contributed by atoms with Gasteiger partial charge in [-0.2, -0.15) is 0 Å². The van der Waals surface area contributed by atoms with Crippen LogP contribution >= 0.6 is 0 Å². The van der Waals surface area contributed by atoms with Crippen molar-refractivity contribution in [2.24, 2.45) is 23.7 Å². The van der Waals surface area contributed by atoms with E-state index in [1.165, 1.54) is 36.8 Å². The molecule has 0 amide bonds. The van der Waals surface area contributed by atoms with Crippen molar-refractivity contribution in [3.05, 3.63) is 35.4 Å². The first-order valence-corrected chi connectivity index (χ1v) is 10.7. The van der Waals surface area contributed by atoms with Gasteiger partial charge in [0.1, 0.15) is 6.79 Å². The molecule has 0 radical (unpaired) electrons. The molecule has 2 nitrogen and oxygen atoms in total. The maximum Gasteiger partial charge on any atom is 0.143 e. The quantitative estimate of drug-likeness (QED) is 0.567. The second kappa shape index (κ2) is 12.5. The van der Waals surface area contributed by atoms with Gasteiger partial charge in [-0.1, -0.05) is 78.6 Å². The minimum atomic E-state index is -0.119. The molecule has 0 aliphatic heterocycles. The van der Waals surface area contributed by atoms with E-state index < -0.39 is 0 Å². The van der Waals surface area contributed by atoms with E-state index in [2.05, 4.69) is 65.8 Å². The van der Waals surface area contributed by atoms with Crippen LogP contribution < -0.4 is 0 Å². The maximum atomic E-state index is 8.43. The van der Waals surface area contributed by atoms with E-state index in [1.807, 2.05) is 0 Å². The van der Waals surface area contributed by atoms with Crippen molar-refractivity contribution in [1.82, 2.24) is 0 Å². The summed E-state index contributed by atoms with van der Waals surface area (Å²) in [5.41, 5.74) is 2.93. The molecule has 26 heavy (non-hydrogen) atoms. The molecule has 1 aliphatic carbocycles. The number of rotatable bonds is 7. The van der Waals surface area contributed by atoms with Gasteiger partial charge in [-0.25, -0.2) is 0 Å². The Kier molecular flexibility index (Phi) is 11.2. The van der Waals surface area contributed by atoms with Gasteiger partial charge in [-0.3, -0.25) is 0 Å². The number of hydrogen-bond donors (Lipinski definition) is 1. The summed E-state index contributed by atoms with van der Waals surface area (Å²) in [6.45, 7) is 14.4. The number of aryl methyl sites for hydroxylation is 1. The van der Waals surface area contributed by atoms with Gasteiger partial charge in [0, 0.05) is 0 Å². The Morgan fingerprint density at radius 3 is 1.92 bits per heavy atom. The Bertz CT molecular complexity index is 445. The average Bonchev–Trinajstić information content (AvgIpc) is 2.62. The first kappa shape index (κ1) is 23.2. The zero-order chi connectivity index (χ0) is 19.5. The van der Waals surface area contributed by atoms with E-state index in [9.17, 15) is 0 Å². The molecule has 1 aromatic carbocycles. The van der Waals surface area contributed by atoms with Crippen LogP contribution in [0.15, 0.2) is 24.3 Å². The van der Waals surface area contributed by atoms with Gasteiger partial charge in [0.05, 0.1) is 6.61 Å². The minimum absolute atomic E-state index is 0.119. The highest BCUT2D eigenvalue weighted by atomic mass is 16.6. The van der Waals surface area contributed by atoms with Crippen LogP contribution in [0.25, 0.3) is 0 Å². The highest BCUT2D eigenvalue weighted by Gasteiger charge is 2.19. The highest BCUT2D eigenvalue weighted by molar-refractivity contribution is 5.26. The minimum Gasteiger partial charge on any atom is -0.371 e. The van der Waals surface area contributed by atoms with E-state index in [1.54, 1.807) is 0 Å². The van der Waals surface area contributed by atoms with E-state index >= 15 is 0 Å². The van der Waals surface area contributed by atoms with Crippen molar-refractivity contribution in [1.29, 1.82) is 0 Å². The van der Waals surface area contributed by atoms with Gasteiger partial charge < -0.3 is 9.84 Å². The van der Waals surface area contributed by atoms with Crippen molar-refractivity contribution >= 4 is 0 Å². The van der Waals surface area contributed by atoms with Crippen LogP contribution in [0.1, 0.15) is 84.3 Å². The molecule has 0 bridgehead atoms. The van der Waals surface area contributed by atoms with Crippen LogP contribution in [0.2, 0.25) is 0 Å². The number of benzene rings is 1. The molecule has 0 heterocycles. The monoisotopic (exact) mass is 362 g/mol. The predicted octanol–water partition coefficient (Wildman–Crippen LogP) is 6.42. The maximum absolute atomic E-state index is 8.43. The van der Waals surface area contributed by atoms with Gasteiger partial charge in [0.25, 0.3) is 0 Å². The lowest BCUT2D eigenvalue weighted by molar-refractivity contribution is -0.0241. The topological polar surface area (TPSA) is 29.5 Å². The Labute approximate surface area is 162 Å². The SMILES string of the molecule is CC1CCC(COCO)CC1.CCc1ccc(C(C(C)C)C(C)C)cc1. The van der Waals surface area contributed by atoms with Crippen molar-refractivity contribution in [3.63, 3.8) is 0 Å². The Morgan fingerprint density at radius 1 is 0.962 bits per heavy atom. The van der Waals surface area contributed by atoms with Crippen LogP contribution in [-0.2, 0) is 11.2 Å².